The summed E-state index contributed by atoms with van der Waals surface area (Å²) >= 11 is 0. The minimum Gasteiger partial charge on any atom is -0.486 e. The number of aromatic nitrogens is 4. The third kappa shape index (κ3) is 3.36. The van der Waals surface area contributed by atoms with E-state index in [4.69, 9.17) is 15.6 Å². The first-order chi connectivity index (χ1) is 16.2. The quantitative estimate of drug-likeness (QED) is 0.611. The van der Waals surface area contributed by atoms with Crippen molar-refractivity contribution in [3.05, 3.63) is 30.2 Å². The van der Waals surface area contributed by atoms with Gasteiger partial charge in [0.2, 0.25) is 0 Å². The maximum atomic E-state index is 13.3. The molecule has 3 aromatic rings. The average molecular weight is 474 g/mol. The summed E-state index contributed by atoms with van der Waals surface area (Å²) in [6.07, 6.45) is 2.42. The summed E-state index contributed by atoms with van der Waals surface area (Å²) in [5.41, 5.74) is 7.63. The fraction of sp³-hybridized carbons (Fsp3) is 0.522. The van der Waals surface area contributed by atoms with E-state index in [9.17, 15) is 13.2 Å². The summed E-state index contributed by atoms with van der Waals surface area (Å²) in [4.78, 5) is 12.3. The third-order valence-electron chi connectivity index (χ3n) is 7.48. The van der Waals surface area contributed by atoms with Gasteiger partial charge in [-0.05, 0) is 43.2 Å². The number of hydrogen-bond acceptors (Lipinski definition) is 7. The second-order valence-electron chi connectivity index (χ2n) is 9.73. The zero-order valence-electron chi connectivity index (χ0n) is 18.8. The van der Waals surface area contributed by atoms with E-state index in [1.165, 1.54) is 6.07 Å². The second kappa shape index (κ2) is 7.46. The van der Waals surface area contributed by atoms with E-state index in [-0.39, 0.29) is 0 Å². The van der Waals surface area contributed by atoms with Crippen molar-refractivity contribution < 1.29 is 17.9 Å². The first kappa shape index (κ1) is 21.5. The summed E-state index contributed by atoms with van der Waals surface area (Å²) in [6.45, 7) is 2.92. The standard InChI is InChI=1S/C23H26F3N7O/c1-31-8-9-34-19-18(31)20(32-6-3-22(4-7-32)11-15(27)12-22)30-33-16(13-29-21(19)33)14-2-5-28-17(10-14)23(24,25)26/h2,5,10,13,15H,3-4,6-9,11-12,27H2,1H3. The fourth-order valence-corrected chi connectivity index (χ4v) is 5.63. The van der Waals surface area contributed by atoms with E-state index in [1.54, 1.807) is 10.7 Å². The minimum atomic E-state index is -4.53. The zero-order valence-corrected chi connectivity index (χ0v) is 18.8. The van der Waals surface area contributed by atoms with Crippen LogP contribution in [0.15, 0.2) is 24.5 Å². The van der Waals surface area contributed by atoms with Crippen LogP contribution in [0.4, 0.5) is 24.7 Å². The number of piperidine rings is 1. The van der Waals surface area contributed by atoms with Gasteiger partial charge < -0.3 is 20.3 Å². The Hall–Kier alpha value is -3.08. The Kier molecular flexibility index (Phi) is 4.71. The molecule has 2 N–H and O–H groups in total. The highest BCUT2D eigenvalue weighted by Gasteiger charge is 2.45. The van der Waals surface area contributed by atoms with E-state index in [1.807, 2.05) is 7.05 Å². The van der Waals surface area contributed by atoms with Crippen LogP contribution in [0.2, 0.25) is 0 Å². The number of pyridine rings is 1. The molecule has 1 saturated carbocycles. The number of rotatable bonds is 2. The van der Waals surface area contributed by atoms with Crippen molar-refractivity contribution in [2.75, 3.05) is 43.1 Å². The van der Waals surface area contributed by atoms with E-state index in [2.05, 4.69) is 19.8 Å². The molecule has 0 amide bonds. The lowest BCUT2D eigenvalue weighted by Crippen LogP contribution is -2.52. The number of alkyl halides is 3. The molecule has 0 radical (unpaired) electrons. The molecule has 0 unspecified atom stereocenters. The second-order valence-corrected chi connectivity index (χ2v) is 9.73. The maximum absolute atomic E-state index is 13.3. The van der Waals surface area contributed by atoms with Gasteiger partial charge >= 0.3 is 6.18 Å². The predicted octanol–water partition coefficient (Wildman–Crippen LogP) is 3.35. The SMILES string of the molecule is CN1CCOc2c1c(N1CCC3(CC1)CC(N)C3)nn1c(-c3ccnc(C(F)(F)F)c3)cnc21. The smallest absolute Gasteiger partial charge is 0.433 e. The normalized spacial score (nSPS) is 20.4. The van der Waals surface area contributed by atoms with Crippen molar-refractivity contribution in [1.29, 1.82) is 0 Å². The number of fused-ring (bicyclic) bond motifs is 3. The molecule has 5 heterocycles. The zero-order chi connectivity index (χ0) is 23.7. The molecule has 3 aromatic heterocycles. The monoisotopic (exact) mass is 473 g/mol. The summed E-state index contributed by atoms with van der Waals surface area (Å²) in [6, 6.07) is 2.88. The van der Waals surface area contributed by atoms with E-state index >= 15 is 0 Å². The number of anilines is 2. The van der Waals surface area contributed by atoms with Gasteiger partial charge in [0.1, 0.15) is 18.0 Å². The van der Waals surface area contributed by atoms with Gasteiger partial charge in [-0.3, -0.25) is 4.98 Å². The van der Waals surface area contributed by atoms with Crippen molar-refractivity contribution in [2.45, 2.75) is 37.9 Å². The molecule has 2 fully saturated rings. The largest absolute Gasteiger partial charge is 0.486 e. The van der Waals surface area contributed by atoms with Gasteiger partial charge in [-0.15, -0.1) is 5.10 Å². The molecule has 0 atom stereocenters. The van der Waals surface area contributed by atoms with Gasteiger partial charge in [-0.1, -0.05) is 0 Å². The average Bonchev–Trinajstić information content (AvgIpc) is 3.22. The molecule has 1 aliphatic carbocycles. The van der Waals surface area contributed by atoms with Crippen molar-refractivity contribution in [2.24, 2.45) is 11.1 Å². The number of hydrogen-bond donors (Lipinski definition) is 1. The Morgan fingerprint density at radius 1 is 1.15 bits per heavy atom. The summed E-state index contributed by atoms with van der Waals surface area (Å²) < 4.78 is 47.5. The molecule has 8 nitrogen and oxygen atoms in total. The Morgan fingerprint density at radius 2 is 1.91 bits per heavy atom. The number of likely N-dealkylation sites (N-methyl/N-ethyl adjacent to an activating group) is 1. The number of nitrogens with two attached hydrogens (primary N) is 1. The van der Waals surface area contributed by atoms with Crippen LogP contribution < -0.4 is 20.3 Å². The highest BCUT2D eigenvalue weighted by molar-refractivity contribution is 5.83. The lowest BCUT2D eigenvalue weighted by Gasteiger charge is -2.51. The Labute approximate surface area is 194 Å². The number of nitrogens with zero attached hydrogens (tertiary/aromatic N) is 6. The van der Waals surface area contributed by atoms with Crippen molar-refractivity contribution in [1.82, 2.24) is 19.6 Å². The van der Waals surface area contributed by atoms with Crippen LogP contribution in [-0.2, 0) is 6.18 Å². The molecular formula is C23H26F3N7O. The lowest BCUT2D eigenvalue weighted by atomic mass is 9.61. The summed E-state index contributed by atoms with van der Waals surface area (Å²) in [5.74, 6) is 1.38. The minimum absolute atomic E-state index is 0.309. The van der Waals surface area contributed by atoms with Crippen molar-refractivity contribution >= 4 is 17.2 Å². The summed E-state index contributed by atoms with van der Waals surface area (Å²) in [5, 5.41) is 4.93. The maximum Gasteiger partial charge on any atom is 0.433 e. The Morgan fingerprint density at radius 3 is 2.62 bits per heavy atom. The van der Waals surface area contributed by atoms with Crippen LogP contribution in [0.25, 0.3) is 16.9 Å². The van der Waals surface area contributed by atoms with Gasteiger partial charge in [0.25, 0.3) is 0 Å². The molecular weight excluding hydrogens is 447 g/mol. The fourth-order valence-electron chi connectivity index (χ4n) is 5.63. The Balaban J connectivity index is 1.45. The van der Waals surface area contributed by atoms with Crippen LogP contribution in [0, 0.1) is 5.41 Å². The van der Waals surface area contributed by atoms with Gasteiger partial charge in [0.05, 0.1) is 18.4 Å². The summed E-state index contributed by atoms with van der Waals surface area (Å²) in [7, 11) is 2.00. The molecule has 180 valence electrons. The lowest BCUT2D eigenvalue weighted by molar-refractivity contribution is -0.141. The van der Waals surface area contributed by atoms with Gasteiger partial charge in [0, 0.05) is 37.9 Å². The van der Waals surface area contributed by atoms with Crippen LogP contribution in [0.1, 0.15) is 31.4 Å². The number of imidazole rings is 1. The Bertz CT molecular complexity index is 1240. The molecule has 0 bridgehead atoms. The molecule has 11 heteroatoms. The van der Waals surface area contributed by atoms with E-state index in [0.717, 1.165) is 69.1 Å². The molecule has 6 rings (SSSR count). The van der Waals surface area contributed by atoms with Crippen LogP contribution >= 0.6 is 0 Å². The van der Waals surface area contributed by atoms with Gasteiger partial charge in [-0.2, -0.15) is 13.2 Å². The number of ether oxygens (including phenoxy) is 1. The highest BCUT2D eigenvalue weighted by atomic mass is 19.4. The molecule has 34 heavy (non-hydrogen) atoms. The topological polar surface area (TPSA) is 84.8 Å². The van der Waals surface area contributed by atoms with Crippen LogP contribution in [0.5, 0.6) is 5.75 Å². The first-order valence-electron chi connectivity index (χ1n) is 11.5. The first-order valence-corrected chi connectivity index (χ1v) is 11.5. The molecule has 0 aromatic carbocycles. The molecule has 2 aliphatic heterocycles. The predicted molar refractivity (Wildman–Crippen MR) is 121 cm³/mol. The van der Waals surface area contributed by atoms with E-state index < -0.39 is 11.9 Å². The van der Waals surface area contributed by atoms with Gasteiger partial charge in [0.15, 0.2) is 17.2 Å². The van der Waals surface area contributed by atoms with Crippen LogP contribution in [-0.4, -0.2) is 58.9 Å². The third-order valence-corrected chi connectivity index (χ3v) is 7.48. The van der Waals surface area contributed by atoms with Crippen LogP contribution in [0.3, 0.4) is 0 Å². The van der Waals surface area contributed by atoms with Crippen molar-refractivity contribution in [3.63, 3.8) is 0 Å². The van der Waals surface area contributed by atoms with Gasteiger partial charge in [-0.25, -0.2) is 9.50 Å². The highest BCUT2D eigenvalue weighted by Crippen LogP contribution is 2.50. The van der Waals surface area contributed by atoms with Crippen molar-refractivity contribution in [3.8, 4) is 17.0 Å². The number of halogens is 3. The van der Waals surface area contributed by atoms with E-state index in [0.29, 0.717) is 40.7 Å². The molecule has 1 spiro atoms. The molecule has 3 aliphatic rings. The molecule has 1 saturated heterocycles.